The van der Waals surface area contributed by atoms with Crippen LogP contribution in [0.4, 0.5) is 0 Å². The topological polar surface area (TPSA) is 46.1 Å². The van der Waals surface area contributed by atoms with Crippen LogP contribution < -0.4 is 5.32 Å². The average molecular weight is 201 g/mol. The maximum atomic E-state index is 11.6. The predicted octanol–water partition coefficient (Wildman–Crippen LogP) is -0.791. The molecule has 0 radical (unpaired) electrons. The summed E-state index contributed by atoms with van der Waals surface area (Å²) in [5.74, 6) is 0.279. The molecule has 0 saturated carbocycles. The summed E-state index contributed by atoms with van der Waals surface area (Å²) >= 11 is 0. The first-order chi connectivity index (χ1) is 6.84. The Bertz CT molecular complexity index is 168. The molecule has 82 valence electrons. The number of carbonyl (C=O) groups is 1. The molecular formula is C10H21N2O2+. The molecule has 1 aliphatic heterocycles. The fourth-order valence-corrected chi connectivity index (χ4v) is 1.70. The van der Waals surface area contributed by atoms with E-state index in [1.54, 1.807) is 7.11 Å². The number of piperidine rings is 1. The lowest BCUT2D eigenvalue weighted by Gasteiger charge is -2.25. The van der Waals surface area contributed by atoms with E-state index < -0.39 is 0 Å². The van der Waals surface area contributed by atoms with Crippen LogP contribution >= 0.6 is 0 Å². The van der Waals surface area contributed by atoms with Crippen molar-refractivity contribution in [3.8, 4) is 0 Å². The second-order valence-corrected chi connectivity index (χ2v) is 3.72. The standard InChI is InChI=1S/C10H20N2O2/c1-14-8-5-11-9-10(13)12-6-3-2-4-7-12/h11H,2-9H2,1H3/p+1. The van der Waals surface area contributed by atoms with Crippen molar-refractivity contribution in [1.29, 1.82) is 0 Å². The number of carbonyl (C=O) groups excluding carboxylic acids is 1. The van der Waals surface area contributed by atoms with E-state index in [1.807, 2.05) is 10.2 Å². The summed E-state index contributed by atoms with van der Waals surface area (Å²) < 4.78 is 4.91. The summed E-state index contributed by atoms with van der Waals surface area (Å²) in [5.41, 5.74) is 0. The van der Waals surface area contributed by atoms with Gasteiger partial charge in [0.15, 0.2) is 6.54 Å². The van der Waals surface area contributed by atoms with Gasteiger partial charge in [-0.2, -0.15) is 0 Å². The molecule has 0 aromatic carbocycles. The highest BCUT2D eigenvalue weighted by atomic mass is 16.5. The van der Waals surface area contributed by atoms with Crippen LogP contribution in [-0.4, -0.2) is 50.7 Å². The molecule has 1 aliphatic rings. The minimum atomic E-state index is 0.279. The Kier molecular flexibility index (Phi) is 5.56. The number of ether oxygens (including phenoxy) is 1. The Morgan fingerprint density at radius 2 is 2.07 bits per heavy atom. The van der Waals surface area contributed by atoms with Gasteiger partial charge in [0.25, 0.3) is 5.91 Å². The number of rotatable bonds is 5. The second kappa shape index (κ2) is 6.79. The minimum absolute atomic E-state index is 0.279. The molecule has 0 aromatic heterocycles. The third-order valence-electron chi connectivity index (χ3n) is 2.55. The zero-order valence-corrected chi connectivity index (χ0v) is 9.00. The van der Waals surface area contributed by atoms with Crippen LogP contribution in [-0.2, 0) is 9.53 Å². The van der Waals surface area contributed by atoms with E-state index in [1.165, 1.54) is 19.3 Å². The molecule has 0 aliphatic carbocycles. The van der Waals surface area contributed by atoms with E-state index in [0.29, 0.717) is 13.2 Å². The fourth-order valence-electron chi connectivity index (χ4n) is 1.70. The molecule has 0 aromatic rings. The zero-order valence-electron chi connectivity index (χ0n) is 9.00. The Balaban J connectivity index is 2.07. The SMILES string of the molecule is COCC[NH2+]CC(=O)N1CCCCC1. The molecule has 14 heavy (non-hydrogen) atoms. The maximum Gasteiger partial charge on any atom is 0.277 e. The molecule has 4 heteroatoms. The van der Waals surface area contributed by atoms with E-state index >= 15 is 0 Å². The molecule has 0 spiro atoms. The van der Waals surface area contributed by atoms with Gasteiger partial charge < -0.3 is 15.0 Å². The lowest BCUT2D eigenvalue weighted by molar-refractivity contribution is -0.646. The molecule has 2 N–H and O–H groups in total. The smallest absolute Gasteiger partial charge is 0.277 e. The molecule has 1 heterocycles. The molecule has 1 amide bonds. The fraction of sp³-hybridized carbons (Fsp3) is 0.900. The average Bonchev–Trinajstić information content (AvgIpc) is 2.25. The van der Waals surface area contributed by atoms with Crippen molar-refractivity contribution in [2.45, 2.75) is 19.3 Å². The Hall–Kier alpha value is -0.610. The number of hydrogen-bond acceptors (Lipinski definition) is 2. The van der Waals surface area contributed by atoms with Crippen LogP contribution in [0.1, 0.15) is 19.3 Å². The summed E-state index contributed by atoms with van der Waals surface area (Å²) in [5, 5.41) is 2.01. The lowest BCUT2D eigenvalue weighted by Crippen LogP contribution is -2.87. The number of nitrogens with zero attached hydrogens (tertiary/aromatic N) is 1. The van der Waals surface area contributed by atoms with E-state index in [-0.39, 0.29) is 5.91 Å². The van der Waals surface area contributed by atoms with Gasteiger partial charge in [-0.1, -0.05) is 0 Å². The normalized spacial score (nSPS) is 17.1. The number of methoxy groups -OCH3 is 1. The van der Waals surface area contributed by atoms with Gasteiger partial charge in [-0.3, -0.25) is 4.79 Å². The van der Waals surface area contributed by atoms with Crippen molar-refractivity contribution in [3.05, 3.63) is 0 Å². The van der Waals surface area contributed by atoms with E-state index in [4.69, 9.17) is 4.74 Å². The zero-order chi connectivity index (χ0) is 10.2. The molecule has 0 unspecified atom stereocenters. The van der Waals surface area contributed by atoms with E-state index in [0.717, 1.165) is 19.6 Å². The molecular weight excluding hydrogens is 180 g/mol. The van der Waals surface area contributed by atoms with Gasteiger partial charge in [-0.05, 0) is 19.3 Å². The van der Waals surface area contributed by atoms with Gasteiger partial charge in [-0.15, -0.1) is 0 Å². The predicted molar refractivity (Wildman–Crippen MR) is 54.0 cm³/mol. The molecule has 0 atom stereocenters. The van der Waals surface area contributed by atoms with Crippen LogP contribution in [0.2, 0.25) is 0 Å². The van der Waals surface area contributed by atoms with Gasteiger partial charge in [0.1, 0.15) is 0 Å². The second-order valence-electron chi connectivity index (χ2n) is 3.72. The van der Waals surface area contributed by atoms with Crippen LogP contribution in [0.15, 0.2) is 0 Å². The van der Waals surface area contributed by atoms with E-state index in [9.17, 15) is 4.79 Å². The molecule has 0 bridgehead atoms. The first kappa shape index (κ1) is 11.5. The number of likely N-dealkylation sites (tertiary alicyclic amines) is 1. The van der Waals surface area contributed by atoms with Crippen molar-refractivity contribution in [3.63, 3.8) is 0 Å². The summed E-state index contributed by atoms with van der Waals surface area (Å²) in [7, 11) is 1.68. The number of quaternary nitrogens is 1. The third kappa shape index (κ3) is 4.07. The first-order valence-electron chi connectivity index (χ1n) is 5.43. The number of hydrogen-bond donors (Lipinski definition) is 1. The van der Waals surface area contributed by atoms with Crippen molar-refractivity contribution in [2.24, 2.45) is 0 Å². The molecule has 1 fully saturated rings. The largest absolute Gasteiger partial charge is 0.379 e. The number of nitrogens with two attached hydrogens (primary N) is 1. The Labute approximate surface area is 85.6 Å². The molecule has 1 rings (SSSR count). The van der Waals surface area contributed by atoms with Gasteiger partial charge >= 0.3 is 0 Å². The van der Waals surface area contributed by atoms with Gasteiger partial charge in [0.05, 0.1) is 13.2 Å². The monoisotopic (exact) mass is 201 g/mol. The van der Waals surface area contributed by atoms with Gasteiger partial charge in [0, 0.05) is 20.2 Å². The molecule has 1 saturated heterocycles. The van der Waals surface area contributed by atoms with Crippen LogP contribution in [0.5, 0.6) is 0 Å². The van der Waals surface area contributed by atoms with Gasteiger partial charge in [-0.25, -0.2) is 0 Å². The van der Waals surface area contributed by atoms with Crippen molar-refractivity contribution in [1.82, 2.24) is 4.90 Å². The minimum Gasteiger partial charge on any atom is -0.379 e. The third-order valence-corrected chi connectivity index (χ3v) is 2.55. The van der Waals surface area contributed by atoms with Gasteiger partial charge in [0.2, 0.25) is 0 Å². The lowest BCUT2D eigenvalue weighted by atomic mass is 10.1. The number of amides is 1. The van der Waals surface area contributed by atoms with E-state index in [2.05, 4.69) is 0 Å². The van der Waals surface area contributed by atoms with Crippen LogP contribution in [0.3, 0.4) is 0 Å². The van der Waals surface area contributed by atoms with Crippen molar-refractivity contribution < 1.29 is 14.8 Å². The van der Waals surface area contributed by atoms with Crippen LogP contribution in [0.25, 0.3) is 0 Å². The van der Waals surface area contributed by atoms with Crippen molar-refractivity contribution >= 4 is 5.91 Å². The Morgan fingerprint density at radius 3 is 2.71 bits per heavy atom. The highest BCUT2D eigenvalue weighted by Gasteiger charge is 2.16. The van der Waals surface area contributed by atoms with Crippen LogP contribution in [0, 0.1) is 0 Å². The van der Waals surface area contributed by atoms with Crippen molar-refractivity contribution in [2.75, 3.05) is 39.9 Å². The highest BCUT2D eigenvalue weighted by molar-refractivity contribution is 5.77. The summed E-state index contributed by atoms with van der Waals surface area (Å²) in [4.78, 5) is 13.6. The highest BCUT2D eigenvalue weighted by Crippen LogP contribution is 2.07. The maximum absolute atomic E-state index is 11.6. The summed E-state index contributed by atoms with van der Waals surface area (Å²) in [6.07, 6.45) is 3.62. The first-order valence-corrected chi connectivity index (χ1v) is 5.43. The molecule has 4 nitrogen and oxygen atoms in total. The Morgan fingerprint density at radius 1 is 1.36 bits per heavy atom. The summed E-state index contributed by atoms with van der Waals surface area (Å²) in [6.45, 7) is 4.07. The summed E-state index contributed by atoms with van der Waals surface area (Å²) in [6, 6.07) is 0. The quantitative estimate of drug-likeness (QED) is 0.592.